The Bertz CT molecular complexity index is 495. The van der Waals surface area contributed by atoms with E-state index in [-0.39, 0.29) is 0 Å². The van der Waals surface area contributed by atoms with Crippen molar-refractivity contribution in [2.45, 2.75) is 44.6 Å². The fourth-order valence-corrected chi connectivity index (χ4v) is 5.45. The minimum Gasteiger partial charge on any atom is -0.494 e. The maximum absolute atomic E-state index is 11.3. The van der Waals surface area contributed by atoms with E-state index in [2.05, 4.69) is 12.1 Å². The highest BCUT2D eigenvalue weighted by Gasteiger charge is 2.60. The molecule has 5 unspecified atom stereocenters. The summed E-state index contributed by atoms with van der Waals surface area (Å²) in [6.07, 6.45) is 6.35. The molecule has 1 N–H and O–H groups in total. The number of ether oxygens (including phenoxy) is 1. The molecule has 0 amide bonds. The van der Waals surface area contributed by atoms with Gasteiger partial charge < -0.3 is 9.84 Å². The molecule has 2 nitrogen and oxygen atoms in total. The Morgan fingerprint density at radius 2 is 1.95 bits per heavy atom. The van der Waals surface area contributed by atoms with Crippen molar-refractivity contribution in [3.8, 4) is 5.75 Å². The van der Waals surface area contributed by atoms with Crippen LogP contribution in [0.1, 0.15) is 44.6 Å². The summed E-state index contributed by atoms with van der Waals surface area (Å²) in [5.41, 5.74) is 0.541. The first kappa shape index (κ1) is 12.7. The SMILES string of the molecule is CCOc1ccc(C2(O)CC3CC2C2CCCC32)cc1. The third-order valence-electron chi connectivity index (χ3n) is 6.16. The van der Waals surface area contributed by atoms with Gasteiger partial charge in [0.1, 0.15) is 5.75 Å². The molecule has 0 heterocycles. The molecular weight excluding hydrogens is 248 g/mol. The number of rotatable bonds is 3. The van der Waals surface area contributed by atoms with Crippen LogP contribution in [-0.2, 0) is 5.60 Å². The molecule has 0 aliphatic heterocycles. The van der Waals surface area contributed by atoms with Crippen LogP contribution >= 0.6 is 0 Å². The maximum Gasteiger partial charge on any atom is 0.119 e. The van der Waals surface area contributed by atoms with E-state index in [9.17, 15) is 5.11 Å². The van der Waals surface area contributed by atoms with Gasteiger partial charge in [-0.25, -0.2) is 0 Å². The predicted molar refractivity (Wildman–Crippen MR) is 78.6 cm³/mol. The van der Waals surface area contributed by atoms with E-state index in [4.69, 9.17) is 4.74 Å². The highest BCUT2D eigenvalue weighted by Crippen LogP contribution is 2.65. The first-order valence-electron chi connectivity index (χ1n) is 8.18. The zero-order chi connectivity index (χ0) is 13.7. The average Bonchev–Trinajstić information content (AvgIpc) is 3.11. The highest BCUT2D eigenvalue weighted by atomic mass is 16.5. The monoisotopic (exact) mass is 272 g/mol. The second-order valence-corrected chi connectivity index (χ2v) is 6.95. The Morgan fingerprint density at radius 3 is 2.70 bits per heavy atom. The third kappa shape index (κ3) is 1.67. The largest absolute Gasteiger partial charge is 0.494 e. The molecule has 2 heteroatoms. The summed E-state index contributed by atoms with van der Waals surface area (Å²) in [6, 6.07) is 8.18. The fourth-order valence-electron chi connectivity index (χ4n) is 5.45. The van der Waals surface area contributed by atoms with E-state index in [0.29, 0.717) is 12.5 Å². The van der Waals surface area contributed by atoms with Crippen molar-refractivity contribution < 1.29 is 9.84 Å². The summed E-state index contributed by atoms with van der Waals surface area (Å²) in [5, 5.41) is 11.3. The van der Waals surface area contributed by atoms with E-state index >= 15 is 0 Å². The van der Waals surface area contributed by atoms with Crippen LogP contribution in [0.25, 0.3) is 0 Å². The lowest BCUT2D eigenvalue weighted by molar-refractivity contribution is -0.0512. The molecule has 1 aromatic rings. The molecule has 2 bridgehead atoms. The smallest absolute Gasteiger partial charge is 0.119 e. The second-order valence-electron chi connectivity index (χ2n) is 6.95. The summed E-state index contributed by atoms with van der Waals surface area (Å²) in [7, 11) is 0. The van der Waals surface area contributed by atoms with Crippen LogP contribution in [0.5, 0.6) is 5.75 Å². The van der Waals surface area contributed by atoms with Gasteiger partial charge in [0.05, 0.1) is 12.2 Å². The molecule has 4 rings (SSSR count). The molecule has 20 heavy (non-hydrogen) atoms. The third-order valence-corrected chi connectivity index (χ3v) is 6.16. The summed E-state index contributed by atoms with van der Waals surface area (Å²) in [6.45, 7) is 2.69. The molecular formula is C18H24O2. The van der Waals surface area contributed by atoms with Gasteiger partial charge in [0.15, 0.2) is 0 Å². The lowest BCUT2D eigenvalue weighted by atomic mass is 9.70. The highest BCUT2D eigenvalue weighted by molar-refractivity contribution is 5.33. The normalized spacial score (nSPS) is 41.9. The number of aliphatic hydroxyl groups is 1. The fraction of sp³-hybridized carbons (Fsp3) is 0.667. The van der Waals surface area contributed by atoms with E-state index in [1.54, 1.807) is 0 Å². The van der Waals surface area contributed by atoms with Crippen molar-refractivity contribution >= 4 is 0 Å². The molecule has 0 spiro atoms. The number of fused-ring (bicyclic) bond motifs is 5. The lowest BCUT2D eigenvalue weighted by Gasteiger charge is -2.39. The van der Waals surface area contributed by atoms with Crippen molar-refractivity contribution in [3.05, 3.63) is 29.8 Å². The van der Waals surface area contributed by atoms with Gasteiger partial charge in [-0.3, -0.25) is 0 Å². The molecule has 0 saturated heterocycles. The lowest BCUT2D eigenvalue weighted by Crippen LogP contribution is -2.38. The standard InChI is InChI=1S/C18H24O2/c1-2-20-14-8-6-13(7-9-14)18(19)11-12-10-17(18)16-5-3-4-15(12)16/h6-9,12,15-17,19H,2-5,10-11H2,1H3. The molecule has 5 atom stereocenters. The zero-order valence-electron chi connectivity index (χ0n) is 12.2. The van der Waals surface area contributed by atoms with Gasteiger partial charge >= 0.3 is 0 Å². The zero-order valence-corrected chi connectivity index (χ0v) is 12.2. The Hall–Kier alpha value is -1.02. The Balaban J connectivity index is 1.61. The summed E-state index contributed by atoms with van der Waals surface area (Å²) in [4.78, 5) is 0. The molecule has 1 aromatic carbocycles. The van der Waals surface area contributed by atoms with Crippen LogP contribution in [-0.4, -0.2) is 11.7 Å². The van der Waals surface area contributed by atoms with E-state index in [0.717, 1.165) is 35.5 Å². The van der Waals surface area contributed by atoms with Crippen molar-refractivity contribution in [3.63, 3.8) is 0 Å². The van der Waals surface area contributed by atoms with E-state index in [1.807, 2.05) is 19.1 Å². The predicted octanol–water partition coefficient (Wildman–Crippen LogP) is 3.73. The van der Waals surface area contributed by atoms with Gasteiger partial charge in [-0.05, 0) is 74.0 Å². The topological polar surface area (TPSA) is 29.5 Å². The number of hydrogen-bond acceptors (Lipinski definition) is 2. The summed E-state index contributed by atoms with van der Waals surface area (Å²) >= 11 is 0. The van der Waals surface area contributed by atoms with Gasteiger partial charge in [0.2, 0.25) is 0 Å². The molecule has 0 aromatic heterocycles. The molecule has 3 saturated carbocycles. The van der Waals surface area contributed by atoms with Gasteiger partial charge in [-0.1, -0.05) is 18.6 Å². The Labute approximate surface area is 121 Å². The molecule has 108 valence electrons. The Kier molecular flexibility index (Phi) is 2.85. The van der Waals surface area contributed by atoms with Gasteiger partial charge in [0.25, 0.3) is 0 Å². The van der Waals surface area contributed by atoms with E-state index < -0.39 is 5.60 Å². The molecule has 3 aliphatic rings. The van der Waals surface area contributed by atoms with Crippen LogP contribution in [0.4, 0.5) is 0 Å². The van der Waals surface area contributed by atoms with Crippen molar-refractivity contribution in [1.29, 1.82) is 0 Å². The second kappa shape index (κ2) is 4.49. The Morgan fingerprint density at radius 1 is 1.20 bits per heavy atom. The van der Waals surface area contributed by atoms with Crippen LogP contribution in [0.3, 0.4) is 0 Å². The summed E-state index contributed by atoms with van der Waals surface area (Å²) in [5.74, 6) is 3.87. The van der Waals surface area contributed by atoms with Crippen LogP contribution in [0.15, 0.2) is 24.3 Å². The van der Waals surface area contributed by atoms with E-state index in [1.165, 1.54) is 25.7 Å². The molecule has 3 aliphatic carbocycles. The molecule has 3 fully saturated rings. The quantitative estimate of drug-likeness (QED) is 0.908. The first-order valence-corrected chi connectivity index (χ1v) is 8.18. The van der Waals surface area contributed by atoms with Crippen molar-refractivity contribution in [2.24, 2.45) is 23.7 Å². The molecule has 0 radical (unpaired) electrons. The van der Waals surface area contributed by atoms with Gasteiger partial charge in [-0.2, -0.15) is 0 Å². The van der Waals surface area contributed by atoms with Crippen molar-refractivity contribution in [2.75, 3.05) is 6.61 Å². The van der Waals surface area contributed by atoms with Gasteiger partial charge in [0, 0.05) is 0 Å². The number of benzene rings is 1. The van der Waals surface area contributed by atoms with Crippen LogP contribution < -0.4 is 4.74 Å². The van der Waals surface area contributed by atoms with Crippen molar-refractivity contribution in [1.82, 2.24) is 0 Å². The van der Waals surface area contributed by atoms with Crippen LogP contribution in [0.2, 0.25) is 0 Å². The maximum atomic E-state index is 11.3. The average molecular weight is 272 g/mol. The van der Waals surface area contributed by atoms with Gasteiger partial charge in [-0.15, -0.1) is 0 Å². The minimum absolute atomic E-state index is 0.498. The minimum atomic E-state index is -0.569. The first-order chi connectivity index (χ1) is 9.72. The summed E-state index contributed by atoms with van der Waals surface area (Å²) < 4.78 is 5.51. The van der Waals surface area contributed by atoms with Crippen LogP contribution in [0, 0.1) is 23.7 Å². The number of hydrogen-bond donors (Lipinski definition) is 1.